The van der Waals surface area contributed by atoms with E-state index in [0.717, 1.165) is 5.56 Å². The fourth-order valence-corrected chi connectivity index (χ4v) is 5.95. The Balaban J connectivity index is 1.80. The molecule has 0 aliphatic heterocycles. The molecule has 0 radical (unpaired) electrons. The third-order valence-electron chi connectivity index (χ3n) is 7.56. The Morgan fingerprint density at radius 3 is 2.34 bits per heavy atom. The summed E-state index contributed by atoms with van der Waals surface area (Å²) < 4.78 is 0. The number of nitrogens with two attached hydrogens (primary N) is 1. The summed E-state index contributed by atoms with van der Waals surface area (Å²) in [5.41, 5.74) is 2.92. The van der Waals surface area contributed by atoms with Crippen molar-refractivity contribution >= 4 is 23.2 Å². The second-order valence-electron chi connectivity index (χ2n) is 9.27. The van der Waals surface area contributed by atoms with Gasteiger partial charge in [0.15, 0.2) is 11.4 Å². The fraction of sp³-hybridized carbons (Fsp3) is 0.269. The van der Waals surface area contributed by atoms with Gasteiger partial charge in [-0.1, -0.05) is 43.3 Å². The Kier molecular flexibility index (Phi) is 4.91. The fourth-order valence-electron chi connectivity index (χ4n) is 5.95. The van der Waals surface area contributed by atoms with Crippen LogP contribution in [0.2, 0.25) is 0 Å². The number of aliphatic hydroxyl groups excluding tert-OH is 3. The minimum atomic E-state index is -2.85. The second-order valence-corrected chi connectivity index (χ2v) is 9.27. The lowest BCUT2D eigenvalue weighted by Crippen LogP contribution is -2.63. The highest BCUT2D eigenvalue weighted by atomic mass is 16.4. The Morgan fingerprint density at radius 1 is 1.06 bits per heavy atom. The minimum absolute atomic E-state index is 0.0295. The largest absolute Gasteiger partial charge is 0.508 e. The van der Waals surface area contributed by atoms with Gasteiger partial charge in [0.05, 0.1) is 11.7 Å². The Morgan fingerprint density at radius 2 is 1.71 bits per heavy atom. The molecule has 0 saturated heterocycles. The van der Waals surface area contributed by atoms with Crippen molar-refractivity contribution in [3.63, 3.8) is 0 Å². The monoisotopic (exact) mass is 477 g/mol. The summed E-state index contributed by atoms with van der Waals surface area (Å²) in [6.45, 7) is 1.71. The molecule has 180 valence electrons. The van der Waals surface area contributed by atoms with E-state index >= 15 is 0 Å². The highest BCUT2D eigenvalue weighted by Gasteiger charge is 2.65. The van der Waals surface area contributed by atoms with E-state index in [2.05, 4.69) is 0 Å². The molecule has 3 aliphatic rings. The van der Waals surface area contributed by atoms with Gasteiger partial charge in [0, 0.05) is 23.8 Å². The number of fused-ring (bicyclic) bond motifs is 3. The van der Waals surface area contributed by atoms with Crippen LogP contribution in [0.4, 0.5) is 0 Å². The summed E-state index contributed by atoms with van der Waals surface area (Å²) >= 11 is 0. The summed E-state index contributed by atoms with van der Waals surface area (Å²) in [5, 5.41) is 55.3. The van der Waals surface area contributed by atoms with E-state index < -0.39 is 76.0 Å². The number of primary amides is 1. The van der Waals surface area contributed by atoms with Crippen molar-refractivity contribution in [1.29, 1.82) is 0 Å². The lowest BCUT2D eigenvalue weighted by Gasteiger charge is -2.50. The number of hydrogen-bond acceptors (Lipinski definition) is 8. The lowest BCUT2D eigenvalue weighted by molar-refractivity contribution is -0.160. The topological polar surface area (TPSA) is 178 Å². The summed E-state index contributed by atoms with van der Waals surface area (Å²) in [4.78, 5) is 38.0. The van der Waals surface area contributed by atoms with E-state index in [9.17, 15) is 39.9 Å². The predicted molar refractivity (Wildman–Crippen MR) is 123 cm³/mol. The number of rotatable bonds is 2. The van der Waals surface area contributed by atoms with Crippen molar-refractivity contribution in [1.82, 2.24) is 0 Å². The van der Waals surface area contributed by atoms with Crippen LogP contribution in [0.3, 0.4) is 0 Å². The molecule has 2 aromatic rings. The zero-order chi connectivity index (χ0) is 25.4. The van der Waals surface area contributed by atoms with Gasteiger partial charge in [-0.05, 0) is 28.7 Å². The van der Waals surface area contributed by atoms with E-state index in [1.807, 2.05) is 30.3 Å². The first kappa shape index (κ1) is 22.8. The van der Waals surface area contributed by atoms with Gasteiger partial charge >= 0.3 is 0 Å². The number of carbonyl (C=O) groups is 3. The number of carbonyl (C=O) groups excluding carboxylic acids is 3. The predicted octanol–water partition coefficient (Wildman–Crippen LogP) is 1.62. The maximum atomic E-state index is 13.7. The van der Waals surface area contributed by atoms with Crippen LogP contribution in [-0.2, 0) is 14.4 Å². The highest BCUT2D eigenvalue weighted by molar-refractivity contribution is 6.23. The van der Waals surface area contributed by atoms with Crippen molar-refractivity contribution in [2.75, 3.05) is 0 Å². The number of Topliss-reactive ketones (excluding diaryl/α,β-unsaturated/α-hetero) is 2. The average Bonchev–Trinajstić information content (AvgIpc) is 2.82. The Bertz CT molecular complexity index is 1380. The molecule has 2 aromatic carbocycles. The minimum Gasteiger partial charge on any atom is -0.508 e. The lowest BCUT2D eigenvalue weighted by atomic mass is 9.55. The van der Waals surface area contributed by atoms with Gasteiger partial charge in [0.1, 0.15) is 22.8 Å². The first-order valence-corrected chi connectivity index (χ1v) is 11.1. The first-order chi connectivity index (χ1) is 16.5. The van der Waals surface area contributed by atoms with Crippen molar-refractivity contribution < 1.29 is 39.9 Å². The molecule has 35 heavy (non-hydrogen) atoms. The SMILES string of the molecule is C[C@H]1c2c(-c3ccccc3)ccc(O)c2C(O)=C2C(=O)[C@]3(O)C(O)=C(C(N)=O)C(=O)C[C@@H]3[C@@H](O)[C@@H]21. The van der Waals surface area contributed by atoms with Gasteiger partial charge < -0.3 is 31.3 Å². The number of ketones is 2. The molecule has 7 N–H and O–H groups in total. The van der Waals surface area contributed by atoms with Gasteiger partial charge in [-0.15, -0.1) is 0 Å². The van der Waals surface area contributed by atoms with Crippen LogP contribution < -0.4 is 5.73 Å². The zero-order valence-corrected chi connectivity index (χ0v) is 18.6. The van der Waals surface area contributed by atoms with Crippen LogP contribution in [0.1, 0.15) is 30.4 Å². The average molecular weight is 477 g/mol. The number of benzene rings is 2. The number of phenols is 1. The van der Waals surface area contributed by atoms with E-state index in [-0.39, 0.29) is 11.3 Å². The maximum absolute atomic E-state index is 13.7. The molecule has 5 atom stereocenters. The molecule has 0 aromatic heterocycles. The zero-order valence-electron chi connectivity index (χ0n) is 18.6. The molecule has 0 unspecified atom stereocenters. The van der Waals surface area contributed by atoms with E-state index in [0.29, 0.717) is 11.1 Å². The number of aliphatic hydroxyl groups is 4. The molecule has 0 spiro atoms. The number of amides is 1. The Hall–Kier alpha value is -3.95. The van der Waals surface area contributed by atoms with Crippen molar-refractivity contribution in [3.05, 3.63) is 70.5 Å². The molecule has 9 nitrogen and oxygen atoms in total. The van der Waals surface area contributed by atoms with Crippen molar-refractivity contribution in [2.24, 2.45) is 17.6 Å². The van der Waals surface area contributed by atoms with Gasteiger partial charge in [-0.25, -0.2) is 0 Å². The molecule has 0 bridgehead atoms. The smallest absolute Gasteiger partial charge is 0.255 e. The van der Waals surface area contributed by atoms with E-state index in [1.54, 1.807) is 13.0 Å². The van der Waals surface area contributed by atoms with Crippen molar-refractivity contribution in [2.45, 2.75) is 31.0 Å². The molecule has 3 aliphatic carbocycles. The standard InChI is InChI=1S/C26H23NO8/c1-10-16-12(11-5-3-2-4-6-11)7-8-14(28)18(16)22(31)20-17(10)21(30)13-9-15(29)19(25(27)34)23(32)26(13,35)24(20)33/h2-8,10,13,17,21,28,30-32,35H,9H2,1H3,(H2,27,34)/t10-,13+,17+,21+,26+/m0/s1. The normalized spacial score (nSPS) is 30.0. The van der Waals surface area contributed by atoms with Gasteiger partial charge in [-0.2, -0.15) is 0 Å². The Labute approximate surface area is 199 Å². The molecular weight excluding hydrogens is 454 g/mol. The maximum Gasteiger partial charge on any atom is 0.255 e. The van der Waals surface area contributed by atoms with Gasteiger partial charge in [-0.3, -0.25) is 14.4 Å². The van der Waals surface area contributed by atoms with Gasteiger partial charge in [0.25, 0.3) is 5.91 Å². The third-order valence-corrected chi connectivity index (χ3v) is 7.56. The second kappa shape index (κ2) is 7.53. The van der Waals surface area contributed by atoms with E-state index in [1.165, 1.54) is 6.07 Å². The molecule has 5 rings (SSSR count). The number of hydrogen-bond donors (Lipinski definition) is 6. The third kappa shape index (κ3) is 2.85. The quantitative estimate of drug-likeness (QED) is 0.353. The molecule has 9 heteroatoms. The molecule has 1 fully saturated rings. The molecular formula is C26H23NO8. The van der Waals surface area contributed by atoms with Crippen molar-refractivity contribution in [3.8, 4) is 16.9 Å². The van der Waals surface area contributed by atoms with Crippen LogP contribution in [0, 0.1) is 11.8 Å². The van der Waals surface area contributed by atoms with Gasteiger partial charge in [0.2, 0.25) is 5.78 Å². The van der Waals surface area contributed by atoms with Crippen LogP contribution in [0.15, 0.2) is 59.4 Å². The number of phenolic OH excluding ortho intramolecular Hbond substituents is 1. The summed E-state index contributed by atoms with van der Waals surface area (Å²) in [7, 11) is 0. The molecule has 0 heterocycles. The van der Waals surface area contributed by atoms with Crippen LogP contribution >= 0.6 is 0 Å². The highest BCUT2D eigenvalue weighted by Crippen LogP contribution is 2.57. The van der Waals surface area contributed by atoms with Crippen LogP contribution in [0.25, 0.3) is 16.9 Å². The molecule has 1 amide bonds. The van der Waals surface area contributed by atoms with Crippen LogP contribution in [0.5, 0.6) is 5.75 Å². The summed E-state index contributed by atoms with van der Waals surface area (Å²) in [5.74, 6) is -8.80. The number of aromatic hydroxyl groups is 1. The summed E-state index contributed by atoms with van der Waals surface area (Å²) in [6, 6.07) is 12.2. The first-order valence-electron chi connectivity index (χ1n) is 11.1. The molecule has 1 saturated carbocycles. The van der Waals surface area contributed by atoms with E-state index in [4.69, 9.17) is 5.73 Å². The van der Waals surface area contributed by atoms with Crippen LogP contribution in [-0.4, -0.2) is 54.7 Å². The summed E-state index contributed by atoms with van der Waals surface area (Å²) in [6.07, 6.45) is -2.17.